The normalized spacial score (nSPS) is 24.9. The van der Waals surface area contributed by atoms with Gasteiger partial charge in [-0.2, -0.15) is 18.3 Å². The van der Waals surface area contributed by atoms with Crippen LogP contribution in [0.1, 0.15) is 66.1 Å². The molecule has 4 heterocycles. The Bertz CT molecular complexity index is 904. The quantitative estimate of drug-likeness (QED) is 0.835. The molecule has 7 nitrogen and oxygen atoms in total. The fourth-order valence-electron chi connectivity index (χ4n) is 4.12. The van der Waals surface area contributed by atoms with Crippen molar-refractivity contribution in [2.45, 2.75) is 64.3 Å². The van der Waals surface area contributed by atoms with E-state index in [9.17, 15) is 18.0 Å². The number of amides is 1. The predicted molar refractivity (Wildman–Crippen MR) is 94.0 cm³/mol. The lowest BCUT2D eigenvalue weighted by molar-refractivity contribution is -0.173. The lowest BCUT2D eigenvalue weighted by Gasteiger charge is -2.31. The molecule has 3 atom stereocenters. The number of oxazole rings is 1. The number of fused-ring (bicyclic) bond motifs is 1. The summed E-state index contributed by atoms with van der Waals surface area (Å²) in [6.45, 7) is 5.58. The molecule has 4 rings (SSSR count). The van der Waals surface area contributed by atoms with Crippen LogP contribution in [-0.4, -0.2) is 44.3 Å². The largest absolute Gasteiger partial charge is 0.436 e. The maximum Gasteiger partial charge on any atom is 0.410 e. The van der Waals surface area contributed by atoms with E-state index < -0.39 is 12.2 Å². The molecule has 152 valence electrons. The summed E-state index contributed by atoms with van der Waals surface area (Å²) < 4.78 is 46.9. The summed E-state index contributed by atoms with van der Waals surface area (Å²) in [5, 5.41) is 7.33. The number of nitrogens with zero attached hydrogens (tertiary/aromatic N) is 4. The molecule has 1 saturated heterocycles. The Morgan fingerprint density at radius 1 is 1.36 bits per heavy atom. The molecule has 0 aliphatic carbocycles. The van der Waals surface area contributed by atoms with Crippen molar-refractivity contribution < 1.29 is 22.4 Å². The second-order valence-corrected chi connectivity index (χ2v) is 7.54. The minimum Gasteiger partial charge on any atom is -0.436 e. The van der Waals surface area contributed by atoms with E-state index in [2.05, 4.69) is 15.4 Å². The number of carbonyl (C=O) groups excluding carboxylic acids is 1. The van der Waals surface area contributed by atoms with E-state index in [1.807, 2.05) is 0 Å². The molecule has 0 bridgehead atoms. The molecule has 1 fully saturated rings. The van der Waals surface area contributed by atoms with Crippen LogP contribution >= 0.6 is 0 Å². The molecule has 1 N–H and O–H groups in total. The molecular formula is C18H22F3N5O2. The average molecular weight is 397 g/mol. The number of hydrogen-bond donors (Lipinski definition) is 1. The molecule has 0 spiro atoms. The number of carbonyl (C=O) groups is 1. The van der Waals surface area contributed by atoms with Gasteiger partial charge in [-0.1, -0.05) is 0 Å². The van der Waals surface area contributed by atoms with Gasteiger partial charge >= 0.3 is 6.18 Å². The van der Waals surface area contributed by atoms with E-state index in [0.717, 1.165) is 11.1 Å². The molecule has 0 unspecified atom stereocenters. The summed E-state index contributed by atoms with van der Waals surface area (Å²) in [7, 11) is 0. The molecule has 1 amide bonds. The standard InChI is InChI=1S/C18H22F3N5O2/c1-9-7-14(18(19,20)21)26-15(22-9)8-12(24-26)13-5-4-6-25(13)17(27)16-10(2)23-11(3)28-16/h8-9,13-14,22H,4-7H2,1-3H3/t9-,13-,14-/m1/s1. The van der Waals surface area contributed by atoms with Gasteiger partial charge in [0, 0.05) is 25.6 Å². The van der Waals surface area contributed by atoms with Gasteiger partial charge in [-0.25, -0.2) is 9.67 Å². The fraction of sp³-hybridized carbons (Fsp3) is 0.611. The Morgan fingerprint density at radius 3 is 2.75 bits per heavy atom. The highest BCUT2D eigenvalue weighted by molar-refractivity contribution is 5.93. The molecule has 2 aliphatic rings. The Labute approximate surface area is 159 Å². The van der Waals surface area contributed by atoms with Crippen molar-refractivity contribution in [3.8, 4) is 0 Å². The highest BCUT2D eigenvalue weighted by atomic mass is 19.4. The molecule has 0 radical (unpaired) electrons. The van der Waals surface area contributed by atoms with E-state index in [1.165, 1.54) is 0 Å². The molecule has 2 aliphatic heterocycles. The fourth-order valence-corrected chi connectivity index (χ4v) is 4.12. The van der Waals surface area contributed by atoms with Crippen LogP contribution in [0.3, 0.4) is 0 Å². The number of nitrogens with one attached hydrogen (secondary N) is 1. The van der Waals surface area contributed by atoms with Crippen molar-refractivity contribution in [1.82, 2.24) is 19.7 Å². The van der Waals surface area contributed by atoms with E-state index in [-0.39, 0.29) is 30.2 Å². The Kier molecular flexibility index (Phi) is 4.39. The lowest BCUT2D eigenvalue weighted by Crippen LogP contribution is -2.38. The van der Waals surface area contributed by atoms with Gasteiger partial charge in [-0.05, 0) is 33.1 Å². The third-order valence-corrected chi connectivity index (χ3v) is 5.35. The zero-order valence-corrected chi connectivity index (χ0v) is 15.9. The summed E-state index contributed by atoms with van der Waals surface area (Å²) in [5.41, 5.74) is 0.968. The van der Waals surface area contributed by atoms with Crippen molar-refractivity contribution in [2.24, 2.45) is 0 Å². The van der Waals surface area contributed by atoms with Crippen LogP contribution in [-0.2, 0) is 0 Å². The number of likely N-dealkylation sites (tertiary alicyclic amines) is 1. The number of rotatable bonds is 2. The van der Waals surface area contributed by atoms with Crippen LogP contribution in [0.15, 0.2) is 10.5 Å². The number of anilines is 1. The zero-order valence-electron chi connectivity index (χ0n) is 15.9. The average Bonchev–Trinajstić information content (AvgIpc) is 3.29. The smallest absolute Gasteiger partial charge is 0.410 e. The van der Waals surface area contributed by atoms with Gasteiger partial charge in [0.25, 0.3) is 5.91 Å². The first-order valence-electron chi connectivity index (χ1n) is 9.33. The number of hydrogen-bond acceptors (Lipinski definition) is 5. The molecular weight excluding hydrogens is 375 g/mol. The van der Waals surface area contributed by atoms with Crippen LogP contribution < -0.4 is 5.32 Å². The first-order chi connectivity index (χ1) is 13.1. The van der Waals surface area contributed by atoms with Crippen molar-refractivity contribution in [2.75, 3.05) is 11.9 Å². The first-order valence-corrected chi connectivity index (χ1v) is 9.33. The lowest BCUT2D eigenvalue weighted by atomic mass is 10.1. The van der Waals surface area contributed by atoms with Gasteiger partial charge in [-0.15, -0.1) is 0 Å². The van der Waals surface area contributed by atoms with Crippen LogP contribution in [0.25, 0.3) is 0 Å². The summed E-state index contributed by atoms with van der Waals surface area (Å²) >= 11 is 0. The molecule has 10 heteroatoms. The zero-order chi connectivity index (χ0) is 20.2. The predicted octanol–water partition coefficient (Wildman–Crippen LogP) is 3.77. The maximum absolute atomic E-state index is 13.5. The minimum absolute atomic E-state index is 0.0819. The summed E-state index contributed by atoms with van der Waals surface area (Å²) in [6, 6.07) is -0.744. The van der Waals surface area contributed by atoms with Crippen molar-refractivity contribution in [1.29, 1.82) is 0 Å². The van der Waals surface area contributed by atoms with Gasteiger partial charge in [0.05, 0.1) is 17.4 Å². The van der Waals surface area contributed by atoms with Gasteiger partial charge in [-0.3, -0.25) is 4.79 Å². The SMILES string of the molecule is Cc1nc(C)c(C(=O)N2CCC[C@@H]2c2cc3n(n2)[C@@H](C(F)(F)F)C[C@@H](C)N3)o1. The molecule has 2 aromatic rings. The minimum atomic E-state index is -4.38. The van der Waals surface area contributed by atoms with Crippen molar-refractivity contribution in [3.63, 3.8) is 0 Å². The second-order valence-electron chi connectivity index (χ2n) is 7.54. The first kappa shape index (κ1) is 18.8. The third-order valence-electron chi connectivity index (χ3n) is 5.35. The van der Waals surface area contributed by atoms with E-state index >= 15 is 0 Å². The van der Waals surface area contributed by atoms with Gasteiger partial charge < -0.3 is 14.6 Å². The van der Waals surface area contributed by atoms with E-state index in [1.54, 1.807) is 31.7 Å². The highest BCUT2D eigenvalue weighted by Crippen LogP contribution is 2.41. The monoisotopic (exact) mass is 397 g/mol. The molecule has 0 aromatic carbocycles. The van der Waals surface area contributed by atoms with Crippen LogP contribution in [0, 0.1) is 13.8 Å². The van der Waals surface area contributed by atoms with Gasteiger partial charge in [0.15, 0.2) is 11.9 Å². The molecule has 2 aromatic heterocycles. The number of halogens is 3. The summed E-state index contributed by atoms with van der Waals surface area (Å²) in [4.78, 5) is 18.7. The summed E-state index contributed by atoms with van der Waals surface area (Å²) in [5.74, 6) is 0.607. The van der Waals surface area contributed by atoms with Crippen molar-refractivity contribution in [3.05, 3.63) is 29.1 Å². The molecule has 0 saturated carbocycles. The van der Waals surface area contributed by atoms with Crippen LogP contribution in [0.5, 0.6) is 0 Å². The number of aryl methyl sites for hydroxylation is 2. The van der Waals surface area contributed by atoms with E-state index in [4.69, 9.17) is 4.42 Å². The topological polar surface area (TPSA) is 76.2 Å². The third kappa shape index (κ3) is 3.14. The second kappa shape index (κ2) is 6.52. The van der Waals surface area contributed by atoms with Crippen molar-refractivity contribution >= 4 is 11.7 Å². The van der Waals surface area contributed by atoms with Gasteiger partial charge in [0.1, 0.15) is 5.82 Å². The number of alkyl halides is 3. The van der Waals surface area contributed by atoms with Gasteiger partial charge in [0.2, 0.25) is 5.76 Å². The van der Waals surface area contributed by atoms with Crippen LogP contribution in [0.2, 0.25) is 0 Å². The number of aromatic nitrogens is 3. The Hall–Kier alpha value is -2.52. The maximum atomic E-state index is 13.5. The Morgan fingerprint density at radius 2 is 2.11 bits per heavy atom. The molecule has 28 heavy (non-hydrogen) atoms. The summed E-state index contributed by atoms with van der Waals surface area (Å²) in [6.07, 6.45) is -3.08. The van der Waals surface area contributed by atoms with Crippen LogP contribution in [0.4, 0.5) is 19.0 Å². The Balaban J connectivity index is 1.66. The van der Waals surface area contributed by atoms with E-state index in [0.29, 0.717) is 36.1 Å². The highest BCUT2D eigenvalue weighted by Gasteiger charge is 2.46.